The number of carbonyl (C=O) groups excluding carboxylic acids is 2. The van der Waals surface area contributed by atoms with Gasteiger partial charge in [-0.1, -0.05) is 34.6 Å². The Morgan fingerprint density at radius 1 is 0.762 bits per heavy atom. The highest BCUT2D eigenvalue weighted by Gasteiger charge is 2.22. The molecule has 0 aromatic carbocycles. The van der Waals surface area contributed by atoms with Crippen LogP contribution in [0.1, 0.15) is 67.7 Å². The first kappa shape index (κ1) is 19.9. The Bertz CT molecular complexity index is 323. The molecule has 3 atom stereocenters. The van der Waals surface area contributed by atoms with E-state index in [1.807, 2.05) is 13.8 Å². The lowest BCUT2D eigenvalue weighted by Gasteiger charge is -2.19. The monoisotopic (exact) mass is 300 g/mol. The van der Waals surface area contributed by atoms with Crippen LogP contribution in [0.3, 0.4) is 0 Å². The smallest absolute Gasteiger partial charge is 0.309 e. The van der Waals surface area contributed by atoms with Crippen molar-refractivity contribution in [1.82, 2.24) is 0 Å². The second-order valence-electron chi connectivity index (χ2n) is 6.91. The Morgan fingerprint density at radius 2 is 1.19 bits per heavy atom. The maximum absolute atomic E-state index is 11.9. The lowest BCUT2D eigenvalue weighted by atomic mass is 10.1. The molecule has 0 aromatic rings. The van der Waals surface area contributed by atoms with Crippen LogP contribution in [0.5, 0.6) is 0 Å². The largest absolute Gasteiger partial charge is 0.463 e. The zero-order chi connectivity index (χ0) is 16.6. The lowest BCUT2D eigenvalue weighted by molar-refractivity contribution is -0.160. The molecule has 124 valence electrons. The summed E-state index contributed by atoms with van der Waals surface area (Å²) in [5, 5.41) is 0. The Kier molecular flexibility index (Phi) is 9.31. The molecule has 0 bridgehead atoms. The summed E-state index contributed by atoms with van der Waals surface area (Å²) >= 11 is 0. The molecule has 0 fully saturated rings. The summed E-state index contributed by atoms with van der Waals surface area (Å²) in [5.74, 6) is -0.156. The molecule has 4 nitrogen and oxygen atoms in total. The topological polar surface area (TPSA) is 52.6 Å². The quantitative estimate of drug-likeness (QED) is 0.605. The van der Waals surface area contributed by atoms with Crippen molar-refractivity contribution >= 4 is 11.9 Å². The highest BCUT2D eigenvalue weighted by atomic mass is 16.5. The third-order valence-electron chi connectivity index (χ3n) is 3.13. The summed E-state index contributed by atoms with van der Waals surface area (Å²) in [5.41, 5.74) is 0. The van der Waals surface area contributed by atoms with E-state index in [-0.39, 0.29) is 30.6 Å². The fourth-order valence-corrected chi connectivity index (χ4v) is 2.34. The van der Waals surface area contributed by atoms with Gasteiger partial charge in [-0.05, 0) is 38.5 Å². The van der Waals surface area contributed by atoms with Crippen molar-refractivity contribution in [2.45, 2.75) is 79.9 Å². The third kappa shape index (κ3) is 10.3. The summed E-state index contributed by atoms with van der Waals surface area (Å²) in [7, 11) is 0. The van der Waals surface area contributed by atoms with E-state index >= 15 is 0 Å². The second kappa shape index (κ2) is 9.80. The van der Waals surface area contributed by atoms with Gasteiger partial charge in [0, 0.05) is 0 Å². The van der Waals surface area contributed by atoms with E-state index < -0.39 is 5.92 Å². The number of rotatable bonds is 9. The van der Waals surface area contributed by atoms with Crippen molar-refractivity contribution < 1.29 is 19.1 Å². The van der Waals surface area contributed by atoms with E-state index in [0.717, 1.165) is 12.8 Å². The van der Waals surface area contributed by atoms with Crippen LogP contribution in [-0.4, -0.2) is 24.1 Å². The summed E-state index contributed by atoms with van der Waals surface area (Å²) in [6.07, 6.45) is 1.51. The van der Waals surface area contributed by atoms with Crippen LogP contribution in [0, 0.1) is 17.8 Å². The normalized spacial score (nSPS) is 15.7. The summed E-state index contributed by atoms with van der Waals surface area (Å²) in [6.45, 7) is 13.8. The van der Waals surface area contributed by atoms with Crippen LogP contribution < -0.4 is 0 Å². The molecular weight excluding hydrogens is 268 g/mol. The summed E-state index contributed by atoms with van der Waals surface area (Å²) in [4.78, 5) is 23.7. The molecule has 0 N–H and O–H groups in total. The SMILES string of the molecule is CC(C)CC(C)OC(=O)CC(C)C(=O)OC(C)CC(C)C. The van der Waals surface area contributed by atoms with Crippen LogP contribution >= 0.6 is 0 Å². The molecule has 21 heavy (non-hydrogen) atoms. The van der Waals surface area contributed by atoms with Gasteiger partial charge in [0.1, 0.15) is 0 Å². The predicted octanol–water partition coefficient (Wildman–Crippen LogP) is 3.97. The Labute approximate surface area is 129 Å². The Hall–Kier alpha value is -1.06. The fraction of sp³-hybridized carbons (Fsp3) is 0.882. The summed E-state index contributed by atoms with van der Waals surface area (Å²) < 4.78 is 10.7. The molecule has 0 aliphatic rings. The van der Waals surface area contributed by atoms with Gasteiger partial charge in [0.15, 0.2) is 0 Å². The van der Waals surface area contributed by atoms with Crippen molar-refractivity contribution in [2.75, 3.05) is 0 Å². The van der Waals surface area contributed by atoms with Crippen molar-refractivity contribution in [3.63, 3.8) is 0 Å². The highest BCUT2D eigenvalue weighted by Crippen LogP contribution is 2.14. The molecule has 0 heterocycles. The second-order valence-corrected chi connectivity index (χ2v) is 6.91. The number of carbonyl (C=O) groups is 2. The van der Waals surface area contributed by atoms with Crippen LogP contribution in [-0.2, 0) is 19.1 Å². The minimum absolute atomic E-state index is 0.0790. The first-order valence-corrected chi connectivity index (χ1v) is 8.01. The van der Waals surface area contributed by atoms with E-state index in [1.54, 1.807) is 6.92 Å². The van der Waals surface area contributed by atoms with Gasteiger partial charge in [0.05, 0.1) is 24.5 Å². The first-order chi connectivity index (χ1) is 9.61. The molecule has 0 aliphatic carbocycles. The van der Waals surface area contributed by atoms with E-state index in [2.05, 4.69) is 27.7 Å². The highest BCUT2D eigenvalue weighted by molar-refractivity contribution is 5.79. The van der Waals surface area contributed by atoms with Gasteiger partial charge in [-0.3, -0.25) is 9.59 Å². The minimum Gasteiger partial charge on any atom is -0.463 e. The van der Waals surface area contributed by atoms with Crippen molar-refractivity contribution in [3.05, 3.63) is 0 Å². The van der Waals surface area contributed by atoms with Crippen LogP contribution in [0.15, 0.2) is 0 Å². The molecule has 0 rings (SSSR count). The number of esters is 2. The fourth-order valence-electron chi connectivity index (χ4n) is 2.34. The van der Waals surface area contributed by atoms with E-state index in [9.17, 15) is 9.59 Å². The number of hydrogen-bond donors (Lipinski definition) is 0. The van der Waals surface area contributed by atoms with Crippen molar-refractivity contribution in [2.24, 2.45) is 17.8 Å². The molecule has 4 heteroatoms. The van der Waals surface area contributed by atoms with E-state index in [0.29, 0.717) is 11.8 Å². The predicted molar refractivity (Wildman–Crippen MR) is 83.8 cm³/mol. The van der Waals surface area contributed by atoms with Gasteiger partial charge >= 0.3 is 11.9 Å². The molecule has 0 radical (unpaired) electrons. The molecule has 0 saturated carbocycles. The molecule has 0 aliphatic heterocycles. The molecular formula is C17H32O4. The maximum atomic E-state index is 11.9. The zero-order valence-corrected chi connectivity index (χ0v) is 14.6. The van der Waals surface area contributed by atoms with E-state index in [1.165, 1.54) is 0 Å². The van der Waals surface area contributed by atoms with Gasteiger partial charge in [-0.25, -0.2) is 0 Å². The van der Waals surface area contributed by atoms with Gasteiger partial charge in [-0.2, -0.15) is 0 Å². The summed E-state index contributed by atoms with van der Waals surface area (Å²) in [6, 6.07) is 0. The molecule has 0 aromatic heterocycles. The van der Waals surface area contributed by atoms with Gasteiger partial charge in [0.25, 0.3) is 0 Å². The standard InChI is InChI=1S/C17H32O4/c1-11(2)8-14(6)20-16(18)10-13(5)17(19)21-15(7)9-12(3)4/h11-15H,8-10H2,1-7H3. The van der Waals surface area contributed by atoms with Crippen molar-refractivity contribution in [1.29, 1.82) is 0 Å². The zero-order valence-electron chi connectivity index (χ0n) is 14.6. The first-order valence-electron chi connectivity index (χ1n) is 8.01. The Morgan fingerprint density at radius 3 is 1.62 bits per heavy atom. The lowest BCUT2D eigenvalue weighted by Crippen LogP contribution is -2.25. The Balaban J connectivity index is 4.13. The number of ether oxygens (including phenoxy) is 2. The molecule has 3 unspecified atom stereocenters. The van der Waals surface area contributed by atoms with Crippen molar-refractivity contribution in [3.8, 4) is 0 Å². The molecule has 0 saturated heterocycles. The number of hydrogen-bond acceptors (Lipinski definition) is 4. The van der Waals surface area contributed by atoms with Gasteiger partial charge in [0.2, 0.25) is 0 Å². The average Bonchev–Trinajstić information content (AvgIpc) is 2.25. The van der Waals surface area contributed by atoms with Crippen LogP contribution in [0.25, 0.3) is 0 Å². The minimum atomic E-state index is -0.460. The van der Waals surface area contributed by atoms with Crippen LogP contribution in [0.4, 0.5) is 0 Å². The average molecular weight is 300 g/mol. The van der Waals surface area contributed by atoms with Gasteiger partial charge < -0.3 is 9.47 Å². The molecule has 0 amide bonds. The third-order valence-corrected chi connectivity index (χ3v) is 3.13. The molecule has 0 spiro atoms. The van der Waals surface area contributed by atoms with E-state index in [4.69, 9.17) is 9.47 Å². The maximum Gasteiger partial charge on any atom is 0.309 e. The van der Waals surface area contributed by atoms with Crippen LogP contribution in [0.2, 0.25) is 0 Å². The van der Waals surface area contributed by atoms with Gasteiger partial charge in [-0.15, -0.1) is 0 Å².